The average molecular weight is 402 g/mol. The molecule has 3 heterocycles. The molecule has 1 aromatic heterocycles. The minimum Gasteiger partial charge on any atom is -0.394 e. The van der Waals surface area contributed by atoms with Gasteiger partial charge in [0.15, 0.2) is 0 Å². The molecule has 3 aromatic rings. The second-order valence-corrected chi connectivity index (χ2v) is 8.62. The summed E-state index contributed by atoms with van der Waals surface area (Å²) in [5, 5.41) is 16.7. The highest BCUT2D eigenvalue weighted by Crippen LogP contribution is 2.47. The first-order valence-electron chi connectivity index (χ1n) is 10.0. The standard InChI is InChI=1S/C24H23N3OS/c28-16-22-19-10-12-27(15-23-25-11-13-29-23)24(19)20-14-18(8-9-21(20)26-22)7-6-17-4-2-1-3-5-17/h1-5,8-9,11,13-14,19,22,24,26,28H,10,12,15-16H2/t19-,22-,24-/m1/s1. The van der Waals surface area contributed by atoms with Crippen LogP contribution in [0.25, 0.3) is 0 Å². The van der Waals surface area contributed by atoms with Gasteiger partial charge in [-0.05, 0) is 48.9 Å². The van der Waals surface area contributed by atoms with Crippen molar-refractivity contribution in [2.45, 2.75) is 25.0 Å². The van der Waals surface area contributed by atoms with Crippen LogP contribution < -0.4 is 5.32 Å². The van der Waals surface area contributed by atoms with Gasteiger partial charge in [-0.3, -0.25) is 4.90 Å². The van der Waals surface area contributed by atoms with E-state index >= 15 is 0 Å². The lowest BCUT2D eigenvalue weighted by Gasteiger charge is -2.39. The van der Waals surface area contributed by atoms with Gasteiger partial charge >= 0.3 is 0 Å². The number of anilines is 1. The molecule has 4 nitrogen and oxygen atoms in total. The molecule has 0 radical (unpaired) electrons. The van der Waals surface area contributed by atoms with Gasteiger partial charge in [0, 0.05) is 40.4 Å². The van der Waals surface area contributed by atoms with Crippen LogP contribution in [0.5, 0.6) is 0 Å². The molecule has 5 heteroatoms. The van der Waals surface area contributed by atoms with E-state index < -0.39 is 0 Å². The molecular weight excluding hydrogens is 378 g/mol. The van der Waals surface area contributed by atoms with Crippen LogP contribution in [0.1, 0.15) is 34.2 Å². The number of hydrogen-bond acceptors (Lipinski definition) is 5. The van der Waals surface area contributed by atoms with Gasteiger partial charge in [-0.25, -0.2) is 4.98 Å². The van der Waals surface area contributed by atoms with Crippen molar-refractivity contribution in [2.24, 2.45) is 5.92 Å². The van der Waals surface area contributed by atoms with Crippen LogP contribution in [0.3, 0.4) is 0 Å². The zero-order valence-electron chi connectivity index (χ0n) is 16.1. The molecule has 0 saturated carbocycles. The van der Waals surface area contributed by atoms with Crippen molar-refractivity contribution in [3.05, 3.63) is 81.8 Å². The summed E-state index contributed by atoms with van der Waals surface area (Å²) in [6.07, 6.45) is 2.95. The summed E-state index contributed by atoms with van der Waals surface area (Å²) in [7, 11) is 0. The molecule has 1 fully saturated rings. The Labute approximate surface area is 175 Å². The molecule has 0 unspecified atom stereocenters. The Kier molecular flexibility index (Phi) is 5.07. The smallest absolute Gasteiger partial charge is 0.107 e. The first kappa shape index (κ1) is 18.4. The molecule has 5 rings (SSSR count). The Balaban J connectivity index is 1.49. The van der Waals surface area contributed by atoms with Crippen LogP contribution in [0, 0.1) is 17.8 Å². The van der Waals surface area contributed by atoms with Crippen molar-refractivity contribution in [1.29, 1.82) is 0 Å². The summed E-state index contributed by atoms with van der Waals surface area (Å²) in [6.45, 7) is 2.03. The molecule has 146 valence electrons. The van der Waals surface area contributed by atoms with Crippen molar-refractivity contribution in [3.63, 3.8) is 0 Å². The van der Waals surface area contributed by atoms with E-state index in [0.717, 1.165) is 41.3 Å². The molecule has 3 atom stereocenters. The number of hydrogen-bond donors (Lipinski definition) is 2. The molecule has 29 heavy (non-hydrogen) atoms. The second kappa shape index (κ2) is 8.00. The summed E-state index contributed by atoms with van der Waals surface area (Å²) in [6, 6.07) is 16.9. The van der Waals surface area contributed by atoms with Gasteiger partial charge in [-0.1, -0.05) is 30.0 Å². The zero-order chi connectivity index (χ0) is 19.6. The topological polar surface area (TPSA) is 48.4 Å². The van der Waals surface area contributed by atoms with E-state index in [1.807, 2.05) is 41.9 Å². The monoisotopic (exact) mass is 401 g/mol. The van der Waals surface area contributed by atoms with Crippen molar-refractivity contribution in [3.8, 4) is 11.8 Å². The third-order valence-corrected chi connectivity index (χ3v) is 6.68. The van der Waals surface area contributed by atoms with Gasteiger partial charge in [-0.2, -0.15) is 0 Å². The number of likely N-dealkylation sites (tertiary alicyclic amines) is 1. The van der Waals surface area contributed by atoms with Gasteiger partial charge < -0.3 is 10.4 Å². The summed E-state index contributed by atoms with van der Waals surface area (Å²) in [5.74, 6) is 6.98. The number of rotatable bonds is 3. The number of nitrogens with zero attached hydrogens (tertiary/aromatic N) is 2. The van der Waals surface area contributed by atoms with Gasteiger partial charge in [0.2, 0.25) is 0 Å². The fraction of sp³-hybridized carbons (Fsp3) is 0.292. The number of benzene rings is 2. The van der Waals surface area contributed by atoms with Crippen molar-refractivity contribution in [2.75, 3.05) is 18.5 Å². The summed E-state index contributed by atoms with van der Waals surface area (Å²) in [5.41, 5.74) is 4.44. The van der Waals surface area contributed by atoms with Crippen molar-refractivity contribution < 1.29 is 5.11 Å². The zero-order valence-corrected chi connectivity index (χ0v) is 16.9. The summed E-state index contributed by atoms with van der Waals surface area (Å²) in [4.78, 5) is 7.00. The maximum Gasteiger partial charge on any atom is 0.107 e. The number of aliphatic hydroxyl groups excluding tert-OH is 1. The Morgan fingerprint density at radius 2 is 2.00 bits per heavy atom. The van der Waals surface area contributed by atoms with Gasteiger partial charge in [0.1, 0.15) is 5.01 Å². The fourth-order valence-corrected chi connectivity index (χ4v) is 5.22. The minimum absolute atomic E-state index is 0.0926. The first-order chi connectivity index (χ1) is 14.3. The maximum atomic E-state index is 9.96. The van der Waals surface area contributed by atoms with Gasteiger partial charge in [-0.15, -0.1) is 11.3 Å². The first-order valence-corrected chi connectivity index (χ1v) is 10.9. The van der Waals surface area contributed by atoms with Crippen molar-refractivity contribution in [1.82, 2.24) is 9.88 Å². The largest absolute Gasteiger partial charge is 0.394 e. The third-order valence-electron chi connectivity index (χ3n) is 5.92. The lowest BCUT2D eigenvalue weighted by molar-refractivity contribution is 0.172. The number of nitrogens with one attached hydrogen (secondary N) is 1. The third kappa shape index (κ3) is 3.67. The molecule has 0 spiro atoms. The van der Waals surface area contributed by atoms with Crippen LogP contribution in [0.15, 0.2) is 60.1 Å². The Morgan fingerprint density at radius 3 is 2.79 bits per heavy atom. The summed E-state index contributed by atoms with van der Waals surface area (Å²) < 4.78 is 0. The van der Waals surface area contributed by atoms with Crippen molar-refractivity contribution >= 4 is 17.0 Å². The molecule has 2 aliphatic heterocycles. The highest BCUT2D eigenvalue weighted by Gasteiger charge is 2.43. The molecule has 2 aliphatic rings. The Hall–Kier alpha value is -2.65. The molecule has 2 aromatic carbocycles. The van der Waals surface area contributed by atoms with E-state index in [1.54, 1.807) is 11.3 Å². The quantitative estimate of drug-likeness (QED) is 0.654. The molecule has 2 N–H and O–H groups in total. The summed E-state index contributed by atoms with van der Waals surface area (Å²) >= 11 is 1.71. The molecule has 1 saturated heterocycles. The predicted octanol–water partition coefficient (Wildman–Crippen LogP) is 3.89. The number of aliphatic hydroxyl groups is 1. The van der Waals surface area contributed by atoms with E-state index in [4.69, 9.17) is 0 Å². The number of aromatic nitrogens is 1. The minimum atomic E-state index is 0.0926. The van der Waals surface area contributed by atoms with Crippen LogP contribution in [0.2, 0.25) is 0 Å². The number of thiazole rings is 1. The lowest BCUT2D eigenvalue weighted by Crippen LogP contribution is -2.41. The van der Waals surface area contributed by atoms with E-state index in [1.165, 1.54) is 5.56 Å². The second-order valence-electron chi connectivity index (χ2n) is 7.65. The molecule has 0 aliphatic carbocycles. The molecule has 0 amide bonds. The predicted molar refractivity (Wildman–Crippen MR) is 117 cm³/mol. The van der Waals surface area contributed by atoms with E-state index in [9.17, 15) is 5.11 Å². The normalized spacial score (nSPS) is 22.9. The van der Waals surface area contributed by atoms with E-state index in [-0.39, 0.29) is 18.7 Å². The molecule has 0 bridgehead atoms. The average Bonchev–Trinajstić information content (AvgIpc) is 3.43. The van der Waals surface area contributed by atoms with Gasteiger partial charge in [0.05, 0.1) is 19.2 Å². The van der Waals surface area contributed by atoms with Crippen LogP contribution in [-0.4, -0.2) is 34.2 Å². The Morgan fingerprint density at radius 1 is 1.14 bits per heavy atom. The maximum absolute atomic E-state index is 9.96. The SMILES string of the molecule is OC[C@H]1Nc2ccc(C#Cc3ccccc3)cc2[C@H]2[C@@H]1CCN2Cc1nccs1. The number of fused-ring (bicyclic) bond motifs is 3. The Bertz CT molecular complexity index is 1040. The lowest BCUT2D eigenvalue weighted by atomic mass is 9.82. The fourth-order valence-electron chi connectivity index (χ4n) is 4.58. The highest BCUT2D eigenvalue weighted by molar-refractivity contribution is 7.09. The highest BCUT2D eigenvalue weighted by atomic mass is 32.1. The van der Waals surface area contributed by atoms with E-state index in [2.05, 4.69) is 45.2 Å². The van der Waals surface area contributed by atoms with Crippen LogP contribution >= 0.6 is 11.3 Å². The van der Waals surface area contributed by atoms with Crippen LogP contribution in [0.4, 0.5) is 5.69 Å². The van der Waals surface area contributed by atoms with Crippen LogP contribution in [-0.2, 0) is 6.54 Å². The molecular formula is C24H23N3OS. The van der Waals surface area contributed by atoms with E-state index in [0.29, 0.717) is 5.92 Å². The van der Waals surface area contributed by atoms with Gasteiger partial charge in [0.25, 0.3) is 0 Å².